The van der Waals surface area contributed by atoms with Crippen LogP contribution in [0.25, 0.3) is 11.8 Å². The molecule has 0 bridgehead atoms. The summed E-state index contributed by atoms with van der Waals surface area (Å²) in [6, 6.07) is 6.00. The fourth-order valence-corrected chi connectivity index (χ4v) is 4.13. The van der Waals surface area contributed by atoms with Gasteiger partial charge in [-0.15, -0.1) is 0 Å². The number of hydrogen-bond donors (Lipinski definition) is 0. The summed E-state index contributed by atoms with van der Waals surface area (Å²) < 4.78 is 7.76. The maximum absolute atomic E-state index is 12.6. The summed E-state index contributed by atoms with van der Waals surface area (Å²) >= 11 is 6.66. The lowest BCUT2D eigenvalue weighted by molar-refractivity contribution is -0.122. The molecule has 3 heterocycles. The number of hydrogen-bond acceptors (Lipinski definition) is 5. The quantitative estimate of drug-likeness (QED) is 0.594. The number of aromatic nitrogens is 2. The first-order valence-electron chi connectivity index (χ1n) is 7.86. The van der Waals surface area contributed by atoms with Gasteiger partial charge in [-0.2, -0.15) is 0 Å². The van der Waals surface area contributed by atoms with Crippen molar-refractivity contribution in [2.24, 2.45) is 0 Å². The second-order valence-electron chi connectivity index (χ2n) is 5.70. The normalized spacial score (nSPS) is 16.3. The lowest BCUT2D eigenvalue weighted by Gasteiger charge is -2.12. The number of rotatable bonds is 5. The molecule has 0 atom stereocenters. The Kier molecular flexibility index (Phi) is 5.36. The van der Waals surface area contributed by atoms with E-state index in [-0.39, 0.29) is 5.91 Å². The fourth-order valence-electron chi connectivity index (χ4n) is 2.83. The van der Waals surface area contributed by atoms with Crippen molar-refractivity contribution >= 4 is 40.3 Å². The maximum atomic E-state index is 12.6. The minimum Gasteiger partial charge on any atom is -0.383 e. The Morgan fingerprint density at radius 2 is 2.20 bits per heavy atom. The van der Waals surface area contributed by atoms with Gasteiger partial charge in [0.25, 0.3) is 5.91 Å². The number of thioether (sulfide) groups is 1. The van der Waals surface area contributed by atoms with Gasteiger partial charge >= 0.3 is 0 Å². The van der Waals surface area contributed by atoms with Crippen molar-refractivity contribution in [3.05, 3.63) is 52.4 Å². The molecule has 1 aliphatic heterocycles. The van der Waals surface area contributed by atoms with E-state index in [9.17, 15) is 4.79 Å². The molecule has 1 amide bonds. The van der Waals surface area contributed by atoms with Crippen molar-refractivity contribution in [2.45, 2.75) is 13.8 Å². The molecule has 130 valence electrons. The van der Waals surface area contributed by atoms with Gasteiger partial charge in [0, 0.05) is 24.7 Å². The van der Waals surface area contributed by atoms with E-state index in [0.29, 0.717) is 22.4 Å². The van der Waals surface area contributed by atoms with Gasteiger partial charge in [0.05, 0.1) is 29.9 Å². The second-order valence-corrected chi connectivity index (χ2v) is 7.38. The molecule has 0 spiro atoms. The van der Waals surface area contributed by atoms with E-state index < -0.39 is 0 Å². The van der Waals surface area contributed by atoms with Crippen LogP contribution in [-0.2, 0) is 9.53 Å². The maximum Gasteiger partial charge on any atom is 0.266 e. The van der Waals surface area contributed by atoms with E-state index in [4.69, 9.17) is 17.0 Å². The summed E-state index contributed by atoms with van der Waals surface area (Å²) in [7, 11) is 1.61. The van der Waals surface area contributed by atoms with Crippen LogP contribution in [0.5, 0.6) is 0 Å². The lowest BCUT2D eigenvalue weighted by Crippen LogP contribution is -2.31. The zero-order valence-corrected chi connectivity index (χ0v) is 16.0. The molecule has 0 aromatic carbocycles. The first kappa shape index (κ1) is 17.8. The molecule has 25 heavy (non-hydrogen) atoms. The average Bonchev–Trinajstić information content (AvgIpc) is 3.03. The highest BCUT2D eigenvalue weighted by Crippen LogP contribution is 2.33. The molecular weight excluding hydrogens is 354 g/mol. The summed E-state index contributed by atoms with van der Waals surface area (Å²) in [6.07, 6.45) is 5.50. The molecule has 1 saturated heterocycles. The van der Waals surface area contributed by atoms with E-state index in [1.807, 2.05) is 38.3 Å². The van der Waals surface area contributed by atoms with E-state index in [1.165, 1.54) is 11.8 Å². The van der Waals surface area contributed by atoms with Gasteiger partial charge in [0.1, 0.15) is 4.32 Å². The Balaban J connectivity index is 1.93. The van der Waals surface area contributed by atoms with E-state index in [1.54, 1.807) is 18.2 Å². The molecule has 3 rings (SSSR count). The molecule has 0 saturated carbocycles. The zero-order chi connectivity index (χ0) is 18.0. The van der Waals surface area contributed by atoms with Crippen LogP contribution in [0.4, 0.5) is 0 Å². The van der Waals surface area contributed by atoms with Crippen molar-refractivity contribution in [1.82, 2.24) is 14.5 Å². The molecule has 2 aromatic heterocycles. The molecule has 0 radical (unpaired) electrons. The number of methoxy groups -OCH3 is 1. The van der Waals surface area contributed by atoms with Crippen LogP contribution in [0, 0.1) is 13.8 Å². The fraction of sp³-hybridized carbons (Fsp3) is 0.278. The summed E-state index contributed by atoms with van der Waals surface area (Å²) in [5.41, 5.74) is 4.16. The Morgan fingerprint density at radius 3 is 2.88 bits per heavy atom. The molecule has 1 fully saturated rings. The summed E-state index contributed by atoms with van der Waals surface area (Å²) in [5, 5.41) is 0. The number of ether oxygens (including phenoxy) is 1. The molecule has 1 aliphatic rings. The minimum absolute atomic E-state index is 0.0572. The van der Waals surface area contributed by atoms with Crippen molar-refractivity contribution in [3.63, 3.8) is 0 Å². The predicted molar refractivity (Wildman–Crippen MR) is 105 cm³/mol. The highest BCUT2D eigenvalue weighted by Gasteiger charge is 2.31. The van der Waals surface area contributed by atoms with Crippen LogP contribution >= 0.6 is 24.0 Å². The van der Waals surface area contributed by atoms with Crippen molar-refractivity contribution in [2.75, 3.05) is 20.3 Å². The Morgan fingerprint density at radius 1 is 1.40 bits per heavy atom. The van der Waals surface area contributed by atoms with Crippen LogP contribution in [0.3, 0.4) is 0 Å². The summed E-state index contributed by atoms with van der Waals surface area (Å²) in [6.45, 7) is 5.03. The zero-order valence-electron chi connectivity index (χ0n) is 14.4. The average molecular weight is 374 g/mol. The number of thiocarbonyl (C=S) groups is 1. The lowest BCUT2D eigenvalue weighted by atomic mass is 10.2. The van der Waals surface area contributed by atoms with Crippen molar-refractivity contribution in [3.8, 4) is 5.69 Å². The number of pyridine rings is 1. The summed E-state index contributed by atoms with van der Waals surface area (Å²) in [5.74, 6) is -0.0572. The molecule has 5 nitrogen and oxygen atoms in total. The van der Waals surface area contributed by atoms with Gasteiger partial charge in [-0.25, -0.2) is 0 Å². The van der Waals surface area contributed by atoms with Crippen molar-refractivity contribution in [1.29, 1.82) is 0 Å². The van der Waals surface area contributed by atoms with Crippen molar-refractivity contribution < 1.29 is 9.53 Å². The van der Waals surface area contributed by atoms with Gasteiger partial charge in [0.2, 0.25) is 0 Å². The Labute approximate surface area is 156 Å². The molecule has 2 aromatic rings. The molecular formula is C18H19N3O2S2. The third-order valence-corrected chi connectivity index (χ3v) is 5.43. The van der Waals surface area contributed by atoms with Gasteiger partial charge in [-0.1, -0.05) is 24.0 Å². The largest absolute Gasteiger partial charge is 0.383 e. The number of amides is 1. The molecule has 0 aliphatic carbocycles. The molecule has 0 unspecified atom stereocenters. The van der Waals surface area contributed by atoms with Gasteiger partial charge in [-0.3, -0.25) is 14.7 Å². The smallest absolute Gasteiger partial charge is 0.266 e. The van der Waals surface area contributed by atoms with Gasteiger partial charge in [-0.05, 0) is 43.7 Å². The van der Waals surface area contributed by atoms with Gasteiger partial charge in [0.15, 0.2) is 0 Å². The standard InChI is InChI=1S/C18H19N3O2S2/c1-12-9-14(13(2)21(12)15-5-4-6-19-11-15)10-16-17(22)20(7-8-23-3)18(24)25-16/h4-6,9-11H,7-8H2,1-3H3. The SMILES string of the molecule is COCCN1C(=O)C(=Cc2cc(C)n(-c3cccnc3)c2C)SC1=S. The third kappa shape index (κ3) is 3.53. The van der Waals surface area contributed by atoms with Crippen LogP contribution in [-0.4, -0.2) is 44.9 Å². The highest BCUT2D eigenvalue weighted by molar-refractivity contribution is 8.26. The van der Waals surface area contributed by atoms with Crippen LogP contribution in [0.2, 0.25) is 0 Å². The van der Waals surface area contributed by atoms with Crippen LogP contribution < -0.4 is 0 Å². The highest BCUT2D eigenvalue weighted by atomic mass is 32.2. The number of aryl methyl sites for hydroxylation is 1. The Bertz CT molecular complexity index is 844. The van der Waals surface area contributed by atoms with E-state index in [2.05, 4.69) is 15.6 Å². The number of nitrogens with zero attached hydrogens (tertiary/aromatic N) is 3. The predicted octanol–water partition coefficient (Wildman–Crippen LogP) is 3.34. The third-order valence-electron chi connectivity index (χ3n) is 4.05. The molecule has 0 N–H and O–H groups in total. The first-order valence-corrected chi connectivity index (χ1v) is 9.09. The molecule has 7 heteroatoms. The van der Waals surface area contributed by atoms with Gasteiger partial charge < -0.3 is 9.30 Å². The van der Waals surface area contributed by atoms with E-state index >= 15 is 0 Å². The topological polar surface area (TPSA) is 47.4 Å². The van der Waals surface area contributed by atoms with Crippen LogP contribution in [0.1, 0.15) is 17.0 Å². The number of carbonyl (C=O) groups excluding carboxylic acids is 1. The first-order chi connectivity index (χ1) is 12.0. The van der Waals surface area contributed by atoms with E-state index in [0.717, 1.165) is 22.6 Å². The van der Waals surface area contributed by atoms with Crippen LogP contribution in [0.15, 0.2) is 35.5 Å². The second kappa shape index (κ2) is 7.51. The Hall–Kier alpha value is -1.96. The number of carbonyl (C=O) groups is 1. The monoisotopic (exact) mass is 373 g/mol. The minimum atomic E-state index is -0.0572. The summed E-state index contributed by atoms with van der Waals surface area (Å²) in [4.78, 5) is 19.0.